The lowest BCUT2D eigenvalue weighted by Crippen LogP contribution is -2.46. The van der Waals surface area contributed by atoms with Crippen molar-refractivity contribution in [1.82, 2.24) is 5.32 Å². The van der Waals surface area contributed by atoms with Crippen LogP contribution in [-0.4, -0.2) is 18.5 Å². The predicted molar refractivity (Wildman–Crippen MR) is 84.9 cm³/mol. The summed E-state index contributed by atoms with van der Waals surface area (Å²) < 4.78 is 13.1. The maximum atomic E-state index is 13.1. The number of hydrogen-bond acceptors (Lipinski definition) is 2. The molecule has 1 aliphatic carbocycles. The molecule has 0 saturated heterocycles. The van der Waals surface area contributed by atoms with E-state index in [4.69, 9.17) is 5.73 Å². The first-order valence-corrected chi connectivity index (χ1v) is 7.43. The Kier molecular flexibility index (Phi) is 7.68. The largest absolute Gasteiger partial charge is 0.352 e. The number of nitrogens with one attached hydrogen (secondary N) is 1. The van der Waals surface area contributed by atoms with Crippen molar-refractivity contribution >= 4 is 18.3 Å². The van der Waals surface area contributed by atoms with E-state index in [1.54, 1.807) is 12.1 Å². The molecule has 0 heterocycles. The normalized spacial score (nSPS) is 16.9. The van der Waals surface area contributed by atoms with Crippen LogP contribution in [0, 0.1) is 11.7 Å². The monoisotopic (exact) mass is 314 g/mol. The highest BCUT2D eigenvalue weighted by Gasteiger charge is 2.23. The highest BCUT2D eigenvalue weighted by Crippen LogP contribution is 2.26. The third-order valence-corrected chi connectivity index (χ3v) is 4.07. The van der Waals surface area contributed by atoms with Crippen LogP contribution in [0.15, 0.2) is 24.3 Å². The van der Waals surface area contributed by atoms with Gasteiger partial charge in [-0.25, -0.2) is 4.39 Å². The summed E-state index contributed by atoms with van der Waals surface area (Å²) in [6.45, 7) is 0.472. The zero-order valence-electron chi connectivity index (χ0n) is 12.2. The second kappa shape index (κ2) is 9.00. The van der Waals surface area contributed by atoms with E-state index in [2.05, 4.69) is 5.32 Å². The highest BCUT2D eigenvalue weighted by atomic mass is 35.5. The molecule has 5 heteroatoms. The maximum Gasteiger partial charge on any atom is 0.224 e. The van der Waals surface area contributed by atoms with Crippen molar-refractivity contribution in [3.63, 3.8) is 0 Å². The molecule has 3 nitrogen and oxygen atoms in total. The Balaban J connectivity index is 0.00000220. The van der Waals surface area contributed by atoms with Gasteiger partial charge in [-0.2, -0.15) is 0 Å². The van der Waals surface area contributed by atoms with Crippen molar-refractivity contribution in [3.05, 3.63) is 35.6 Å². The average molecular weight is 315 g/mol. The number of amides is 1. The van der Waals surface area contributed by atoms with E-state index in [1.165, 1.54) is 31.4 Å². The fourth-order valence-electron chi connectivity index (χ4n) is 3.00. The van der Waals surface area contributed by atoms with Crippen molar-refractivity contribution in [2.45, 2.75) is 44.6 Å². The number of carbonyl (C=O) groups excluding carboxylic acids is 1. The summed E-state index contributed by atoms with van der Waals surface area (Å²) in [7, 11) is 0. The zero-order valence-corrected chi connectivity index (χ0v) is 13.0. The van der Waals surface area contributed by atoms with Gasteiger partial charge >= 0.3 is 0 Å². The van der Waals surface area contributed by atoms with Crippen LogP contribution < -0.4 is 11.1 Å². The molecule has 3 N–H and O–H groups in total. The number of halogens is 2. The fraction of sp³-hybridized carbons (Fsp3) is 0.562. The zero-order chi connectivity index (χ0) is 14.4. The first-order chi connectivity index (χ1) is 9.69. The van der Waals surface area contributed by atoms with Crippen molar-refractivity contribution in [2.75, 3.05) is 6.54 Å². The van der Waals surface area contributed by atoms with Crippen molar-refractivity contribution in [1.29, 1.82) is 0 Å². The Morgan fingerprint density at radius 3 is 2.67 bits per heavy atom. The summed E-state index contributed by atoms with van der Waals surface area (Å²) >= 11 is 0. The van der Waals surface area contributed by atoms with Gasteiger partial charge in [-0.15, -0.1) is 12.4 Å². The lowest BCUT2D eigenvalue weighted by molar-refractivity contribution is -0.121. The van der Waals surface area contributed by atoms with E-state index in [9.17, 15) is 9.18 Å². The molecular weight excluding hydrogens is 291 g/mol. The van der Waals surface area contributed by atoms with E-state index in [0.717, 1.165) is 12.8 Å². The predicted octanol–water partition coefficient (Wildman–Crippen LogP) is 2.81. The highest BCUT2D eigenvalue weighted by molar-refractivity contribution is 5.85. The molecular formula is C16H24ClFN2O. The minimum atomic E-state index is -0.307. The molecule has 1 aromatic carbocycles. The number of carbonyl (C=O) groups is 1. The molecule has 1 aliphatic rings. The second-order valence-electron chi connectivity index (χ2n) is 5.61. The van der Waals surface area contributed by atoms with Crippen molar-refractivity contribution < 1.29 is 9.18 Å². The minimum Gasteiger partial charge on any atom is -0.352 e. The van der Waals surface area contributed by atoms with Gasteiger partial charge in [0.05, 0.1) is 6.42 Å². The van der Waals surface area contributed by atoms with Crippen molar-refractivity contribution in [2.24, 2.45) is 11.7 Å². The Morgan fingerprint density at radius 2 is 2.05 bits per heavy atom. The smallest absolute Gasteiger partial charge is 0.224 e. The topological polar surface area (TPSA) is 55.1 Å². The number of hydrogen-bond donors (Lipinski definition) is 2. The van der Waals surface area contributed by atoms with Gasteiger partial charge in [0.15, 0.2) is 0 Å². The molecule has 0 spiro atoms. The minimum absolute atomic E-state index is 0. The molecule has 21 heavy (non-hydrogen) atoms. The molecule has 0 aliphatic heterocycles. The first-order valence-electron chi connectivity index (χ1n) is 7.43. The van der Waals surface area contributed by atoms with Crippen LogP contribution in [-0.2, 0) is 11.2 Å². The van der Waals surface area contributed by atoms with Crippen molar-refractivity contribution in [3.8, 4) is 0 Å². The first kappa shape index (κ1) is 17.9. The molecule has 1 amide bonds. The molecule has 0 radical (unpaired) electrons. The van der Waals surface area contributed by atoms with Gasteiger partial charge in [-0.05, 0) is 36.5 Å². The Bertz CT molecular complexity index is 450. The number of benzene rings is 1. The molecule has 118 valence electrons. The lowest BCUT2D eigenvalue weighted by Gasteiger charge is -2.30. The molecule has 1 unspecified atom stereocenters. The van der Waals surface area contributed by atoms with Crippen LogP contribution in [0.5, 0.6) is 0 Å². The van der Waals surface area contributed by atoms with E-state index in [-0.39, 0.29) is 36.6 Å². The van der Waals surface area contributed by atoms with Gasteiger partial charge < -0.3 is 11.1 Å². The molecule has 1 saturated carbocycles. The van der Waals surface area contributed by atoms with Crippen LogP contribution >= 0.6 is 12.4 Å². The summed E-state index contributed by atoms with van der Waals surface area (Å²) in [6, 6.07) is 6.22. The van der Waals surface area contributed by atoms with E-state index in [1.807, 2.05) is 0 Å². The molecule has 0 aromatic heterocycles. The fourth-order valence-corrected chi connectivity index (χ4v) is 3.00. The third-order valence-electron chi connectivity index (χ3n) is 4.07. The number of rotatable bonds is 5. The van der Waals surface area contributed by atoms with Gasteiger partial charge in [-0.3, -0.25) is 4.79 Å². The van der Waals surface area contributed by atoms with Crippen LogP contribution in [0.1, 0.15) is 37.7 Å². The Hall–Kier alpha value is -1.13. The quantitative estimate of drug-likeness (QED) is 0.878. The van der Waals surface area contributed by atoms with Crippen LogP contribution in [0.25, 0.3) is 0 Å². The van der Waals surface area contributed by atoms with E-state index < -0.39 is 0 Å². The molecule has 2 rings (SSSR count). The lowest BCUT2D eigenvalue weighted by atomic mass is 9.84. The molecule has 1 aromatic rings. The maximum absolute atomic E-state index is 13.1. The third kappa shape index (κ3) is 5.64. The standard InChI is InChI=1S/C16H23FN2O.ClH/c17-14-8-4-5-12(9-14)10-16(20)19-15(11-18)13-6-2-1-3-7-13;/h4-5,8-9,13,15H,1-3,6-7,10-11,18H2,(H,19,20);1H. The summed E-state index contributed by atoms with van der Waals surface area (Å²) in [5, 5.41) is 3.02. The summed E-state index contributed by atoms with van der Waals surface area (Å²) in [4.78, 5) is 12.0. The SMILES string of the molecule is Cl.NCC(NC(=O)Cc1cccc(F)c1)C1CCCCC1. The average Bonchev–Trinajstić information content (AvgIpc) is 2.45. The van der Waals surface area contributed by atoms with E-state index in [0.29, 0.717) is 18.0 Å². The Morgan fingerprint density at radius 1 is 1.33 bits per heavy atom. The van der Waals surface area contributed by atoms with Gasteiger partial charge in [-0.1, -0.05) is 31.4 Å². The van der Waals surface area contributed by atoms with Gasteiger partial charge in [0.2, 0.25) is 5.91 Å². The summed E-state index contributed by atoms with van der Waals surface area (Å²) in [5.41, 5.74) is 6.49. The van der Waals surface area contributed by atoms with Gasteiger partial charge in [0.1, 0.15) is 5.82 Å². The van der Waals surface area contributed by atoms with Crippen LogP contribution in [0.4, 0.5) is 4.39 Å². The van der Waals surface area contributed by atoms with E-state index >= 15 is 0 Å². The molecule has 1 fully saturated rings. The summed E-state index contributed by atoms with van der Waals surface area (Å²) in [5.74, 6) is 0.111. The van der Waals surface area contributed by atoms with Gasteiger partial charge in [0.25, 0.3) is 0 Å². The Labute approximate surface area is 131 Å². The van der Waals surface area contributed by atoms with Crippen LogP contribution in [0.2, 0.25) is 0 Å². The second-order valence-corrected chi connectivity index (χ2v) is 5.61. The number of nitrogens with two attached hydrogens (primary N) is 1. The van der Waals surface area contributed by atoms with Crippen LogP contribution in [0.3, 0.4) is 0 Å². The summed E-state index contributed by atoms with van der Waals surface area (Å²) in [6.07, 6.45) is 6.22. The molecule has 0 bridgehead atoms. The molecule has 1 atom stereocenters. The van der Waals surface area contributed by atoms with Gasteiger partial charge in [0, 0.05) is 12.6 Å².